The van der Waals surface area contributed by atoms with Crippen molar-refractivity contribution in [3.05, 3.63) is 40.9 Å². The van der Waals surface area contributed by atoms with Crippen molar-refractivity contribution in [2.45, 2.75) is 52.0 Å². The molecule has 3 rings (SSSR count). The summed E-state index contributed by atoms with van der Waals surface area (Å²) in [5.74, 6) is -0.290. The van der Waals surface area contributed by atoms with Gasteiger partial charge in [0.25, 0.3) is 0 Å². The van der Waals surface area contributed by atoms with Crippen LogP contribution in [0.25, 0.3) is 0 Å². The van der Waals surface area contributed by atoms with Gasteiger partial charge in [-0.05, 0) is 43.7 Å². The van der Waals surface area contributed by atoms with Crippen LogP contribution in [0.15, 0.2) is 30.3 Å². The molecule has 6 nitrogen and oxygen atoms in total. The van der Waals surface area contributed by atoms with Gasteiger partial charge >= 0.3 is 6.03 Å². The Labute approximate surface area is 163 Å². The Bertz CT molecular complexity index is 765. The summed E-state index contributed by atoms with van der Waals surface area (Å²) in [6, 6.07) is 8.12. The number of carbonyl (C=O) groups is 2. The zero-order valence-electron chi connectivity index (χ0n) is 15.7. The first-order valence-electron chi connectivity index (χ1n) is 9.45. The second-order valence-electron chi connectivity index (χ2n) is 7.12. The van der Waals surface area contributed by atoms with E-state index in [1.165, 1.54) is 17.7 Å². The number of hydrogen-bond acceptors (Lipinski definition) is 4. The highest BCUT2D eigenvalue weighted by molar-refractivity contribution is 7.15. The lowest BCUT2D eigenvalue weighted by Crippen LogP contribution is -2.48. The summed E-state index contributed by atoms with van der Waals surface area (Å²) >= 11 is 1.56. The molecule has 0 saturated carbocycles. The number of fused-ring (bicyclic) bond motifs is 1. The summed E-state index contributed by atoms with van der Waals surface area (Å²) in [6.07, 6.45) is 5.58. The highest BCUT2D eigenvalue weighted by Crippen LogP contribution is 2.29. The minimum atomic E-state index is -0.641. The average Bonchev–Trinajstić information content (AvgIpc) is 2.88. The summed E-state index contributed by atoms with van der Waals surface area (Å²) < 4.78 is 0. The molecular formula is C20H26N4O2S. The SMILES string of the molecule is CC(C)C(NC(=O)Nc1ccccc1)C(=O)Nc1nc2c(s1)CCCCC2. The van der Waals surface area contributed by atoms with E-state index in [9.17, 15) is 9.59 Å². The molecule has 1 aliphatic rings. The van der Waals surface area contributed by atoms with Crippen LogP contribution in [0.5, 0.6) is 0 Å². The molecule has 0 bridgehead atoms. The fourth-order valence-electron chi connectivity index (χ4n) is 3.13. The molecule has 0 spiro atoms. The number of nitrogens with zero attached hydrogens (tertiary/aromatic N) is 1. The van der Waals surface area contributed by atoms with Crippen molar-refractivity contribution in [1.29, 1.82) is 0 Å². The van der Waals surface area contributed by atoms with Gasteiger partial charge in [-0.1, -0.05) is 38.5 Å². The lowest BCUT2D eigenvalue weighted by atomic mass is 10.0. The van der Waals surface area contributed by atoms with E-state index in [0.29, 0.717) is 10.8 Å². The van der Waals surface area contributed by atoms with Crippen LogP contribution < -0.4 is 16.0 Å². The Morgan fingerprint density at radius 3 is 2.52 bits per heavy atom. The molecule has 0 aliphatic heterocycles. The first-order chi connectivity index (χ1) is 13.0. The second-order valence-corrected chi connectivity index (χ2v) is 8.21. The van der Waals surface area contributed by atoms with Crippen LogP contribution in [0.1, 0.15) is 43.7 Å². The summed E-state index contributed by atoms with van der Waals surface area (Å²) in [5, 5.41) is 9.04. The van der Waals surface area contributed by atoms with Crippen molar-refractivity contribution in [3.8, 4) is 0 Å². The predicted octanol–water partition coefficient (Wildman–Crippen LogP) is 4.20. The van der Waals surface area contributed by atoms with Crippen LogP contribution in [-0.2, 0) is 17.6 Å². The van der Waals surface area contributed by atoms with Crippen molar-refractivity contribution >= 4 is 34.1 Å². The molecule has 1 aromatic heterocycles. The molecule has 0 radical (unpaired) electrons. The van der Waals surface area contributed by atoms with Gasteiger partial charge < -0.3 is 16.0 Å². The summed E-state index contributed by atoms with van der Waals surface area (Å²) in [6.45, 7) is 3.81. The highest BCUT2D eigenvalue weighted by atomic mass is 32.1. The van der Waals surface area contributed by atoms with E-state index < -0.39 is 12.1 Å². The Morgan fingerprint density at radius 1 is 1.04 bits per heavy atom. The van der Waals surface area contributed by atoms with Gasteiger partial charge in [0.15, 0.2) is 5.13 Å². The van der Waals surface area contributed by atoms with E-state index in [4.69, 9.17) is 0 Å². The summed E-state index contributed by atoms with van der Waals surface area (Å²) in [4.78, 5) is 30.9. The van der Waals surface area contributed by atoms with Crippen LogP contribution >= 0.6 is 11.3 Å². The van der Waals surface area contributed by atoms with Gasteiger partial charge in [0.2, 0.25) is 5.91 Å². The monoisotopic (exact) mass is 386 g/mol. The third-order valence-electron chi connectivity index (χ3n) is 4.59. The minimum absolute atomic E-state index is 0.0516. The van der Waals surface area contributed by atoms with Crippen LogP contribution in [0.3, 0.4) is 0 Å². The zero-order chi connectivity index (χ0) is 19.2. The van der Waals surface area contributed by atoms with Crippen molar-refractivity contribution in [2.75, 3.05) is 10.6 Å². The molecule has 7 heteroatoms. The summed E-state index contributed by atoms with van der Waals surface area (Å²) in [7, 11) is 0. The van der Waals surface area contributed by atoms with E-state index in [1.807, 2.05) is 32.0 Å². The third kappa shape index (κ3) is 5.29. The number of anilines is 2. The standard InChI is InChI=1S/C20H26N4O2S/c1-13(2)17(23-19(26)21-14-9-5-3-6-10-14)18(25)24-20-22-15-11-7-4-8-12-16(15)27-20/h3,5-6,9-10,13,17H,4,7-8,11-12H2,1-2H3,(H2,21,23,26)(H,22,24,25). The zero-order valence-corrected chi connectivity index (χ0v) is 16.6. The number of urea groups is 1. The molecule has 27 heavy (non-hydrogen) atoms. The Morgan fingerprint density at radius 2 is 1.78 bits per heavy atom. The molecular weight excluding hydrogens is 360 g/mol. The van der Waals surface area contributed by atoms with Gasteiger partial charge in [0.1, 0.15) is 6.04 Å². The Kier molecular flexibility index (Phi) is 6.45. The van der Waals surface area contributed by atoms with Gasteiger partial charge in [-0.2, -0.15) is 0 Å². The molecule has 0 saturated heterocycles. The van der Waals surface area contributed by atoms with Crippen molar-refractivity contribution in [3.63, 3.8) is 0 Å². The Hall–Kier alpha value is -2.41. The van der Waals surface area contributed by atoms with E-state index >= 15 is 0 Å². The largest absolute Gasteiger partial charge is 0.326 e. The number of aryl methyl sites for hydroxylation is 2. The number of thiazole rings is 1. The van der Waals surface area contributed by atoms with Crippen molar-refractivity contribution < 1.29 is 9.59 Å². The van der Waals surface area contributed by atoms with E-state index in [1.54, 1.807) is 23.5 Å². The van der Waals surface area contributed by atoms with Gasteiger partial charge in [-0.3, -0.25) is 4.79 Å². The normalized spacial score (nSPS) is 14.8. The topological polar surface area (TPSA) is 83.1 Å². The lowest BCUT2D eigenvalue weighted by Gasteiger charge is -2.21. The first kappa shape index (κ1) is 19.4. The Balaban J connectivity index is 1.62. The van der Waals surface area contributed by atoms with E-state index in [2.05, 4.69) is 20.9 Å². The first-order valence-corrected chi connectivity index (χ1v) is 10.3. The number of hydrogen-bond donors (Lipinski definition) is 3. The third-order valence-corrected chi connectivity index (χ3v) is 5.67. The number of carbonyl (C=O) groups excluding carboxylic acids is 2. The molecule has 3 N–H and O–H groups in total. The van der Waals surface area contributed by atoms with Crippen molar-refractivity contribution in [1.82, 2.24) is 10.3 Å². The number of aromatic nitrogens is 1. The van der Waals surface area contributed by atoms with Crippen LogP contribution in [0.2, 0.25) is 0 Å². The highest BCUT2D eigenvalue weighted by Gasteiger charge is 2.26. The molecule has 1 aliphatic carbocycles. The number of nitrogens with one attached hydrogen (secondary N) is 3. The maximum Gasteiger partial charge on any atom is 0.319 e. The van der Waals surface area contributed by atoms with Crippen molar-refractivity contribution in [2.24, 2.45) is 5.92 Å². The number of para-hydroxylation sites is 1. The maximum absolute atomic E-state index is 12.7. The average molecular weight is 387 g/mol. The number of amides is 3. The second kappa shape index (κ2) is 8.99. The molecule has 3 amide bonds. The van der Waals surface area contributed by atoms with Crippen LogP contribution in [-0.4, -0.2) is 23.0 Å². The number of benzene rings is 1. The van der Waals surface area contributed by atoms with Crippen LogP contribution in [0.4, 0.5) is 15.6 Å². The minimum Gasteiger partial charge on any atom is -0.326 e. The lowest BCUT2D eigenvalue weighted by molar-refractivity contribution is -0.118. The maximum atomic E-state index is 12.7. The molecule has 0 fully saturated rings. The van der Waals surface area contributed by atoms with Crippen LogP contribution in [0, 0.1) is 5.92 Å². The molecule has 1 atom stereocenters. The van der Waals surface area contributed by atoms with E-state index in [-0.39, 0.29) is 11.8 Å². The summed E-state index contributed by atoms with van der Waals surface area (Å²) in [5.41, 5.74) is 1.80. The van der Waals surface area contributed by atoms with Gasteiger partial charge in [0, 0.05) is 10.6 Å². The van der Waals surface area contributed by atoms with Gasteiger partial charge in [-0.25, -0.2) is 9.78 Å². The molecule has 144 valence electrons. The van der Waals surface area contributed by atoms with Gasteiger partial charge in [-0.15, -0.1) is 11.3 Å². The molecule has 1 aromatic carbocycles. The number of rotatable bonds is 5. The van der Waals surface area contributed by atoms with Gasteiger partial charge in [0.05, 0.1) is 5.69 Å². The van der Waals surface area contributed by atoms with E-state index in [0.717, 1.165) is 25.0 Å². The molecule has 2 aromatic rings. The fourth-order valence-corrected chi connectivity index (χ4v) is 4.18. The quantitative estimate of drug-likeness (QED) is 0.674. The fraction of sp³-hybridized carbons (Fsp3) is 0.450. The molecule has 1 heterocycles. The molecule has 1 unspecified atom stereocenters. The predicted molar refractivity (Wildman–Crippen MR) is 109 cm³/mol. The smallest absolute Gasteiger partial charge is 0.319 e.